The minimum atomic E-state index is -0.441. The van der Waals surface area contributed by atoms with Crippen LogP contribution in [0.4, 0.5) is 0 Å². The number of rotatable bonds is 6. The minimum absolute atomic E-state index is 0.135. The van der Waals surface area contributed by atoms with Gasteiger partial charge < -0.3 is 9.47 Å². The first kappa shape index (κ1) is 14.2. The van der Waals surface area contributed by atoms with E-state index in [1.165, 1.54) is 0 Å². The highest BCUT2D eigenvalue weighted by molar-refractivity contribution is 5.87. The van der Waals surface area contributed by atoms with Crippen molar-refractivity contribution in [2.45, 2.75) is 13.8 Å². The molecule has 0 N–H and O–H groups in total. The van der Waals surface area contributed by atoms with Gasteiger partial charge in [-0.25, -0.2) is 9.59 Å². The van der Waals surface area contributed by atoms with Crippen molar-refractivity contribution >= 4 is 11.9 Å². The van der Waals surface area contributed by atoms with Crippen LogP contribution in [-0.4, -0.2) is 25.2 Å². The Balaban J connectivity index is 3.64. The lowest BCUT2D eigenvalue weighted by Gasteiger charge is -2.01. The Morgan fingerprint density at radius 1 is 0.938 bits per heavy atom. The Morgan fingerprint density at radius 3 is 1.50 bits per heavy atom. The molecule has 0 aromatic heterocycles. The Morgan fingerprint density at radius 2 is 1.25 bits per heavy atom. The Hall–Kier alpha value is -1.84. The van der Waals surface area contributed by atoms with Crippen LogP contribution in [0, 0.1) is 0 Å². The van der Waals surface area contributed by atoms with Crippen LogP contribution in [-0.2, 0) is 19.1 Å². The molecular weight excluding hydrogens is 208 g/mol. The first-order valence-electron chi connectivity index (χ1n) is 4.75. The van der Waals surface area contributed by atoms with Gasteiger partial charge in [-0.1, -0.05) is 13.2 Å². The van der Waals surface area contributed by atoms with E-state index >= 15 is 0 Å². The van der Waals surface area contributed by atoms with Crippen LogP contribution in [0.15, 0.2) is 36.5 Å². The van der Waals surface area contributed by atoms with Crippen molar-refractivity contribution < 1.29 is 19.1 Å². The first-order valence-corrected chi connectivity index (χ1v) is 4.75. The molecule has 0 aliphatic heterocycles. The van der Waals surface area contributed by atoms with Crippen LogP contribution in [0.2, 0.25) is 0 Å². The maximum atomic E-state index is 10.9. The molecule has 0 amide bonds. The predicted molar refractivity (Wildman–Crippen MR) is 60.7 cm³/mol. The summed E-state index contributed by atoms with van der Waals surface area (Å²) >= 11 is 0. The van der Waals surface area contributed by atoms with Crippen LogP contribution in [0.3, 0.4) is 0 Å². The van der Waals surface area contributed by atoms with Crippen LogP contribution >= 0.6 is 0 Å². The Kier molecular flexibility index (Phi) is 6.59. The van der Waals surface area contributed by atoms with Gasteiger partial charge in [-0.2, -0.15) is 0 Å². The monoisotopic (exact) mass is 224 g/mol. The van der Waals surface area contributed by atoms with Gasteiger partial charge in [0.25, 0.3) is 0 Å². The highest BCUT2D eigenvalue weighted by Gasteiger charge is 2.01. The van der Waals surface area contributed by atoms with Crippen molar-refractivity contribution in [3.63, 3.8) is 0 Å². The van der Waals surface area contributed by atoms with E-state index in [1.54, 1.807) is 26.0 Å². The molecule has 0 fully saturated rings. The average Bonchev–Trinajstić information content (AvgIpc) is 2.21. The Bertz CT molecular complexity index is 294. The van der Waals surface area contributed by atoms with Gasteiger partial charge in [-0.3, -0.25) is 0 Å². The van der Waals surface area contributed by atoms with Gasteiger partial charge in [0.2, 0.25) is 0 Å². The van der Waals surface area contributed by atoms with Crippen molar-refractivity contribution in [3.8, 4) is 0 Å². The molecular formula is C12H16O4. The Labute approximate surface area is 95.2 Å². The molecule has 0 heterocycles. The van der Waals surface area contributed by atoms with Crippen LogP contribution in [0.1, 0.15) is 13.8 Å². The van der Waals surface area contributed by atoms with Crippen LogP contribution in [0.25, 0.3) is 0 Å². The molecule has 0 aromatic carbocycles. The van der Waals surface area contributed by atoms with Gasteiger partial charge in [0.05, 0.1) is 0 Å². The molecule has 0 unspecified atom stereocenters. The van der Waals surface area contributed by atoms with Gasteiger partial charge in [-0.05, 0) is 26.0 Å². The second-order valence-electron chi connectivity index (χ2n) is 3.23. The summed E-state index contributed by atoms with van der Waals surface area (Å²) in [4.78, 5) is 21.8. The minimum Gasteiger partial charge on any atom is -0.458 e. The zero-order valence-electron chi connectivity index (χ0n) is 9.62. The molecule has 0 atom stereocenters. The lowest BCUT2D eigenvalue weighted by Crippen LogP contribution is -2.06. The number of carbonyl (C=O) groups excluding carboxylic acids is 2. The van der Waals surface area contributed by atoms with E-state index < -0.39 is 11.9 Å². The summed E-state index contributed by atoms with van der Waals surface area (Å²) in [6, 6.07) is 0. The molecule has 4 heteroatoms. The highest BCUT2D eigenvalue weighted by Crippen LogP contribution is 1.93. The number of hydrogen-bond acceptors (Lipinski definition) is 4. The summed E-state index contributed by atoms with van der Waals surface area (Å²) in [5.41, 5.74) is 0.698. The lowest BCUT2D eigenvalue weighted by molar-refractivity contribution is -0.139. The topological polar surface area (TPSA) is 52.6 Å². The zero-order valence-corrected chi connectivity index (χ0v) is 9.62. The molecule has 0 radical (unpaired) electrons. The van der Waals surface area contributed by atoms with E-state index in [0.29, 0.717) is 11.1 Å². The third kappa shape index (κ3) is 6.59. The van der Waals surface area contributed by atoms with E-state index in [4.69, 9.17) is 9.47 Å². The maximum Gasteiger partial charge on any atom is 0.333 e. The van der Waals surface area contributed by atoms with E-state index in [1.807, 2.05) is 0 Å². The van der Waals surface area contributed by atoms with Gasteiger partial charge in [0, 0.05) is 11.1 Å². The molecule has 0 aliphatic rings. The van der Waals surface area contributed by atoms with E-state index in [-0.39, 0.29) is 13.2 Å². The normalized spacial score (nSPS) is 9.88. The summed E-state index contributed by atoms with van der Waals surface area (Å²) < 4.78 is 9.55. The molecule has 0 saturated heterocycles. The molecule has 4 nitrogen and oxygen atoms in total. The maximum absolute atomic E-state index is 10.9. The van der Waals surface area contributed by atoms with Gasteiger partial charge in [-0.15, -0.1) is 0 Å². The molecule has 16 heavy (non-hydrogen) atoms. The summed E-state index contributed by atoms with van der Waals surface area (Å²) in [5.74, 6) is -0.882. The molecule has 0 aliphatic carbocycles. The van der Waals surface area contributed by atoms with Crippen LogP contribution in [0.5, 0.6) is 0 Å². The zero-order chi connectivity index (χ0) is 12.6. The molecule has 0 saturated carbocycles. The standard InChI is InChI=1S/C12H16O4/c1-9(2)11(13)15-7-5-6-8-16-12(14)10(3)4/h5-6H,1,3,7-8H2,2,4H3/b6-5+. The lowest BCUT2D eigenvalue weighted by atomic mass is 10.4. The van der Waals surface area contributed by atoms with Crippen molar-refractivity contribution in [2.24, 2.45) is 0 Å². The number of esters is 2. The molecule has 0 rings (SSSR count). The van der Waals surface area contributed by atoms with Crippen molar-refractivity contribution in [1.29, 1.82) is 0 Å². The average molecular weight is 224 g/mol. The summed E-state index contributed by atoms with van der Waals surface area (Å²) in [6.45, 7) is 10.3. The van der Waals surface area contributed by atoms with Gasteiger partial charge in [0.15, 0.2) is 0 Å². The third-order valence-electron chi connectivity index (χ3n) is 1.48. The van der Waals surface area contributed by atoms with E-state index in [2.05, 4.69) is 13.2 Å². The molecule has 0 spiro atoms. The predicted octanol–water partition coefficient (Wildman–Crippen LogP) is 1.78. The van der Waals surface area contributed by atoms with E-state index in [0.717, 1.165) is 0 Å². The fourth-order valence-corrected chi connectivity index (χ4v) is 0.630. The molecule has 0 aromatic rings. The smallest absolute Gasteiger partial charge is 0.333 e. The van der Waals surface area contributed by atoms with Crippen molar-refractivity contribution in [2.75, 3.05) is 13.2 Å². The molecule has 88 valence electrons. The molecule has 0 bridgehead atoms. The summed E-state index contributed by atoms with van der Waals surface area (Å²) in [6.07, 6.45) is 3.18. The summed E-state index contributed by atoms with van der Waals surface area (Å²) in [7, 11) is 0. The van der Waals surface area contributed by atoms with Crippen molar-refractivity contribution in [3.05, 3.63) is 36.5 Å². The fourth-order valence-electron chi connectivity index (χ4n) is 0.630. The van der Waals surface area contributed by atoms with Gasteiger partial charge >= 0.3 is 11.9 Å². The van der Waals surface area contributed by atoms with E-state index in [9.17, 15) is 9.59 Å². The summed E-state index contributed by atoms with van der Waals surface area (Å²) in [5, 5.41) is 0. The largest absolute Gasteiger partial charge is 0.458 e. The number of ether oxygens (including phenoxy) is 2. The first-order chi connectivity index (χ1) is 7.45. The second-order valence-corrected chi connectivity index (χ2v) is 3.23. The van der Waals surface area contributed by atoms with Crippen LogP contribution < -0.4 is 0 Å². The highest BCUT2D eigenvalue weighted by atomic mass is 16.5. The quantitative estimate of drug-likeness (QED) is 0.392. The van der Waals surface area contributed by atoms with Gasteiger partial charge in [0.1, 0.15) is 13.2 Å². The SMILES string of the molecule is C=C(C)C(=O)OC/C=C/COC(=O)C(=C)C. The second kappa shape index (κ2) is 7.45. The number of carbonyl (C=O) groups is 2. The number of hydrogen-bond donors (Lipinski definition) is 0. The van der Waals surface area contributed by atoms with Crippen molar-refractivity contribution in [1.82, 2.24) is 0 Å². The fraction of sp³-hybridized carbons (Fsp3) is 0.333. The third-order valence-corrected chi connectivity index (χ3v) is 1.48.